The van der Waals surface area contributed by atoms with E-state index in [2.05, 4.69) is 57.2 Å². The van der Waals surface area contributed by atoms with Crippen LogP contribution in [0.3, 0.4) is 0 Å². The molecule has 4 aromatic rings. The molecule has 32 heavy (non-hydrogen) atoms. The summed E-state index contributed by atoms with van der Waals surface area (Å²) in [6.07, 6.45) is 1.79. The standard InChI is InChI=1S/C26H24BrN3O2/c1-29(2)21-12-7-17(8-13-21)19-9-14-24-22(16-19)28-25(32-24)23-4-3-15-30(23)26(31)18-5-10-20(27)11-6-18/h5-14,16,23H,3-4,15H2,1-2H3/t23-/m1/s1. The first-order valence-electron chi connectivity index (χ1n) is 10.7. The molecule has 0 aliphatic carbocycles. The Morgan fingerprint density at radius 3 is 2.47 bits per heavy atom. The summed E-state index contributed by atoms with van der Waals surface area (Å²) in [7, 11) is 4.07. The Labute approximate surface area is 195 Å². The fourth-order valence-electron chi connectivity index (χ4n) is 4.24. The van der Waals surface area contributed by atoms with Crippen molar-refractivity contribution in [2.24, 2.45) is 0 Å². The topological polar surface area (TPSA) is 49.6 Å². The second-order valence-corrected chi connectivity index (χ2v) is 9.26. The number of halogens is 1. The van der Waals surface area contributed by atoms with Gasteiger partial charge in [-0.15, -0.1) is 0 Å². The number of carbonyl (C=O) groups is 1. The normalized spacial score (nSPS) is 16.0. The number of fused-ring (bicyclic) bond motifs is 1. The molecule has 1 amide bonds. The van der Waals surface area contributed by atoms with Crippen LogP contribution in [0.15, 0.2) is 75.6 Å². The van der Waals surface area contributed by atoms with Crippen molar-refractivity contribution in [3.8, 4) is 11.1 Å². The number of amides is 1. The zero-order valence-electron chi connectivity index (χ0n) is 18.1. The van der Waals surface area contributed by atoms with Crippen molar-refractivity contribution in [3.63, 3.8) is 0 Å². The SMILES string of the molecule is CN(C)c1ccc(-c2ccc3oc([C@H]4CCCN4C(=O)c4ccc(Br)cc4)nc3c2)cc1. The lowest BCUT2D eigenvalue weighted by Crippen LogP contribution is -2.30. The molecule has 1 fully saturated rings. The molecule has 1 saturated heterocycles. The van der Waals surface area contributed by atoms with Gasteiger partial charge in [0.25, 0.3) is 5.91 Å². The minimum Gasteiger partial charge on any atom is -0.438 e. The average molecular weight is 490 g/mol. The highest BCUT2D eigenvalue weighted by atomic mass is 79.9. The first-order valence-corrected chi connectivity index (χ1v) is 11.5. The van der Waals surface area contributed by atoms with Crippen molar-refractivity contribution in [2.45, 2.75) is 18.9 Å². The molecule has 5 rings (SSSR count). The first kappa shape index (κ1) is 20.8. The number of rotatable bonds is 4. The van der Waals surface area contributed by atoms with Crippen LogP contribution in [0.4, 0.5) is 5.69 Å². The number of carbonyl (C=O) groups excluding carboxylic acids is 1. The fraction of sp³-hybridized carbons (Fsp3) is 0.231. The van der Waals surface area contributed by atoms with E-state index in [9.17, 15) is 4.79 Å². The van der Waals surface area contributed by atoms with Crippen LogP contribution >= 0.6 is 15.9 Å². The van der Waals surface area contributed by atoms with Gasteiger partial charge in [0, 0.05) is 36.4 Å². The van der Waals surface area contributed by atoms with E-state index < -0.39 is 0 Å². The Morgan fingerprint density at radius 1 is 1.03 bits per heavy atom. The number of aromatic nitrogens is 1. The summed E-state index contributed by atoms with van der Waals surface area (Å²) in [6.45, 7) is 0.710. The first-order chi connectivity index (χ1) is 15.5. The quantitative estimate of drug-likeness (QED) is 0.337. The van der Waals surface area contributed by atoms with E-state index in [1.54, 1.807) is 0 Å². The number of anilines is 1. The third kappa shape index (κ3) is 3.91. The maximum Gasteiger partial charge on any atom is 0.254 e. The van der Waals surface area contributed by atoms with Crippen molar-refractivity contribution >= 4 is 38.6 Å². The van der Waals surface area contributed by atoms with Crippen molar-refractivity contribution in [1.82, 2.24) is 9.88 Å². The third-order valence-corrected chi connectivity index (χ3v) is 6.54. The number of oxazole rings is 1. The molecule has 0 saturated carbocycles. The summed E-state index contributed by atoms with van der Waals surface area (Å²) < 4.78 is 7.07. The zero-order chi connectivity index (χ0) is 22.2. The summed E-state index contributed by atoms with van der Waals surface area (Å²) in [4.78, 5) is 21.9. The second-order valence-electron chi connectivity index (χ2n) is 8.34. The second kappa shape index (κ2) is 8.43. The van der Waals surface area contributed by atoms with Gasteiger partial charge in [0.05, 0.1) is 0 Å². The van der Waals surface area contributed by atoms with Gasteiger partial charge in [-0.3, -0.25) is 4.79 Å². The van der Waals surface area contributed by atoms with Crippen molar-refractivity contribution in [2.75, 3.05) is 25.5 Å². The van der Waals surface area contributed by atoms with Crippen molar-refractivity contribution < 1.29 is 9.21 Å². The molecule has 1 aliphatic heterocycles. The van der Waals surface area contributed by atoms with Crippen molar-refractivity contribution in [1.29, 1.82) is 0 Å². The molecule has 0 spiro atoms. The number of nitrogens with zero attached hydrogens (tertiary/aromatic N) is 3. The van der Waals surface area contributed by atoms with Crippen molar-refractivity contribution in [3.05, 3.63) is 82.7 Å². The van der Waals surface area contributed by atoms with Gasteiger partial charge in [-0.05, 0) is 72.5 Å². The minimum atomic E-state index is -0.138. The summed E-state index contributed by atoms with van der Waals surface area (Å²) in [5, 5.41) is 0. The number of likely N-dealkylation sites (tertiary alicyclic amines) is 1. The average Bonchev–Trinajstić information content (AvgIpc) is 3.45. The Balaban J connectivity index is 1.42. The summed E-state index contributed by atoms with van der Waals surface area (Å²) in [5.41, 5.74) is 5.63. The monoisotopic (exact) mass is 489 g/mol. The van der Waals surface area contributed by atoms with E-state index in [-0.39, 0.29) is 11.9 Å². The van der Waals surface area contributed by atoms with Gasteiger partial charge in [0.1, 0.15) is 11.6 Å². The molecule has 1 aromatic heterocycles. The highest BCUT2D eigenvalue weighted by Crippen LogP contribution is 2.35. The predicted molar refractivity (Wildman–Crippen MR) is 131 cm³/mol. The van der Waals surface area contributed by atoms with E-state index >= 15 is 0 Å². The molecular weight excluding hydrogens is 466 g/mol. The molecule has 0 unspecified atom stereocenters. The Bertz CT molecular complexity index is 1260. The van der Waals surface area contributed by atoms with E-state index in [0.717, 1.165) is 45.2 Å². The van der Waals surface area contributed by atoms with E-state index in [1.165, 1.54) is 0 Å². The number of benzene rings is 3. The maximum absolute atomic E-state index is 13.1. The predicted octanol–water partition coefficient (Wildman–Crippen LogP) is 6.30. The zero-order valence-corrected chi connectivity index (χ0v) is 19.7. The van der Waals surface area contributed by atoms with E-state index in [4.69, 9.17) is 9.40 Å². The molecule has 0 N–H and O–H groups in total. The Hall–Kier alpha value is -3.12. The van der Waals surface area contributed by atoms with Gasteiger partial charge in [-0.2, -0.15) is 0 Å². The van der Waals surface area contributed by atoms with Crippen LogP contribution in [0.1, 0.15) is 35.1 Å². The van der Waals surface area contributed by atoms with Crippen LogP contribution in [0.5, 0.6) is 0 Å². The number of hydrogen-bond acceptors (Lipinski definition) is 4. The van der Waals surface area contributed by atoms with Gasteiger partial charge in [0.15, 0.2) is 5.58 Å². The molecule has 5 nitrogen and oxygen atoms in total. The van der Waals surface area contributed by atoms with Crippen LogP contribution in [0.2, 0.25) is 0 Å². The van der Waals surface area contributed by atoms with Crippen LogP contribution < -0.4 is 4.90 Å². The van der Waals surface area contributed by atoms with Gasteiger partial charge in [-0.25, -0.2) is 4.98 Å². The Kier molecular flexibility index (Phi) is 5.47. The summed E-state index contributed by atoms with van der Waals surface area (Å²) in [6, 6.07) is 21.9. The van der Waals surface area contributed by atoms with Gasteiger partial charge >= 0.3 is 0 Å². The van der Waals surface area contributed by atoms with Crippen LogP contribution in [-0.2, 0) is 0 Å². The van der Waals surface area contributed by atoms with Crippen LogP contribution in [0, 0.1) is 0 Å². The third-order valence-electron chi connectivity index (χ3n) is 6.01. The lowest BCUT2D eigenvalue weighted by Gasteiger charge is -2.22. The highest BCUT2D eigenvalue weighted by molar-refractivity contribution is 9.10. The molecule has 1 aliphatic rings. The maximum atomic E-state index is 13.1. The van der Waals surface area contributed by atoms with Crippen LogP contribution in [0.25, 0.3) is 22.2 Å². The summed E-state index contributed by atoms with van der Waals surface area (Å²) >= 11 is 3.43. The largest absolute Gasteiger partial charge is 0.438 e. The molecule has 0 bridgehead atoms. The molecule has 0 radical (unpaired) electrons. The lowest BCUT2D eigenvalue weighted by atomic mass is 10.0. The molecule has 6 heteroatoms. The lowest BCUT2D eigenvalue weighted by molar-refractivity contribution is 0.0717. The summed E-state index contributed by atoms with van der Waals surface area (Å²) in [5.74, 6) is 0.631. The molecule has 3 aromatic carbocycles. The van der Waals surface area contributed by atoms with Gasteiger partial charge < -0.3 is 14.2 Å². The molecule has 2 heterocycles. The Morgan fingerprint density at radius 2 is 1.75 bits per heavy atom. The highest BCUT2D eigenvalue weighted by Gasteiger charge is 2.34. The van der Waals surface area contributed by atoms with Gasteiger partial charge in [-0.1, -0.05) is 34.1 Å². The van der Waals surface area contributed by atoms with Gasteiger partial charge in [0.2, 0.25) is 5.89 Å². The fourth-order valence-corrected chi connectivity index (χ4v) is 4.51. The minimum absolute atomic E-state index is 0.0175. The number of hydrogen-bond donors (Lipinski definition) is 0. The van der Waals surface area contributed by atoms with Crippen LogP contribution in [-0.4, -0.2) is 36.4 Å². The van der Waals surface area contributed by atoms with E-state index in [0.29, 0.717) is 18.0 Å². The smallest absolute Gasteiger partial charge is 0.254 e. The molecular formula is C26H24BrN3O2. The van der Waals surface area contributed by atoms with E-state index in [1.807, 2.05) is 49.3 Å². The molecule has 162 valence electrons. The molecule has 1 atom stereocenters.